The third-order valence-corrected chi connectivity index (χ3v) is 6.61. The van der Waals surface area contributed by atoms with Crippen molar-refractivity contribution in [1.82, 2.24) is 10.2 Å². The molecule has 41 heavy (non-hydrogen) atoms. The van der Waals surface area contributed by atoms with E-state index in [-0.39, 0.29) is 28.3 Å². The Morgan fingerprint density at radius 2 is 1.10 bits per heavy atom. The van der Waals surface area contributed by atoms with Gasteiger partial charge in [-0.25, -0.2) is 0 Å². The molecule has 12 heteroatoms. The van der Waals surface area contributed by atoms with Gasteiger partial charge in [-0.15, -0.1) is 10.2 Å². The van der Waals surface area contributed by atoms with Crippen LogP contribution in [0.4, 0.5) is 39.5 Å². The second-order valence-electron chi connectivity index (χ2n) is 9.23. The van der Waals surface area contributed by atoms with Gasteiger partial charge in [-0.3, -0.25) is 0 Å². The van der Waals surface area contributed by atoms with Crippen molar-refractivity contribution in [2.45, 2.75) is 18.5 Å². The van der Waals surface area contributed by atoms with Crippen LogP contribution in [0.2, 0.25) is 0 Å². The average Bonchev–Trinajstić information content (AvgIpc) is 3.33. The van der Waals surface area contributed by atoms with Gasteiger partial charge >= 0.3 is 18.5 Å². The normalized spacial score (nSPS) is 13.0. The van der Waals surface area contributed by atoms with E-state index in [2.05, 4.69) is 10.2 Å². The van der Waals surface area contributed by atoms with Gasteiger partial charge in [0.15, 0.2) is 5.76 Å². The second-order valence-corrected chi connectivity index (χ2v) is 9.23. The number of hydrogen-bond acceptors (Lipinski definition) is 3. The molecule has 6 rings (SSSR count). The topological polar surface area (TPSA) is 38.9 Å². The van der Waals surface area contributed by atoms with Crippen LogP contribution in [0.1, 0.15) is 16.7 Å². The molecule has 0 saturated heterocycles. The van der Waals surface area contributed by atoms with Gasteiger partial charge in [0, 0.05) is 21.7 Å². The maximum absolute atomic E-state index is 14.2. The molecule has 0 aliphatic heterocycles. The fraction of sp³-hybridized carbons (Fsp3) is 0.103. The highest BCUT2D eigenvalue weighted by Gasteiger charge is 2.48. The zero-order valence-corrected chi connectivity index (χ0v) is 20.2. The van der Waals surface area contributed by atoms with Crippen LogP contribution in [0.5, 0.6) is 0 Å². The molecule has 0 amide bonds. The van der Waals surface area contributed by atoms with Crippen LogP contribution in [-0.2, 0) is 18.5 Å². The van der Waals surface area contributed by atoms with Crippen molar-refractivity contribution in [3.63, 3.8) is 0 Å². The number of alkyl halides is 9. The van der Waals surface area contributed by atoms with Crippen LogP contribution >= 0.6 is 0 Å². The van der Waals surface area contributed by atoms with Crippen molar-refractivity contribution < 1.29 is 43.9 Å². The summed E-state index contributed by atoms with van der Waals surface area (Å²) in [5.74, 6) is 0.154. The van der Waals surface area contributed by atoms with E-state index in [1.165, 1.54) is 12.1 Å². The van der Waals surface area contributed by atoms with Gasteiger partial charge < -0.3 is 4.42 Å². The Labute approximate surface area is 223 Å². The SMILES string of the molecule is FC(F)(F)c1cc(-c2nnc(-c3cc4ccccc4o3)c3cc4ccccc4cc23)c(C(F)(F)F)c(C(F)(F)F)c1. The Morgan fingerprint density at radius 1 is 0.537 bits per heavy atom. The highest BCUT2D eigenvalue weighted by Crippen LogP contribution is 2.49. The molecule has 0 spiro atoms. The van der Waals surface area contributed by atoms with Crippen molar-refractivity contribution >= 4 is 32.5 Å². The predicted molar refractivity (Wildman–Crippen MR) is 133 cm³/mol. The Hall–Kier alpha value is -4.61. The summed E-state index contributed by atoms with van der Waals surface area (Å²) in [6, 6.07) is 17.4. The van der Waals surface area contributed by atoms with E-state index in [1.807, 2.05) is 0 Å². The molecule has 0 radical (unpaired) electrons. The first-order chi connectivity index (χ1) is 19.2. The third-order valence-electron chi connectivity index (χ3n) is 6.61. The molecule has 0 aliphatic rings. The van der Waals surface area contributed by atoms with Gasteiger partial charge in [0.2, 0.25) is 0 Å². The fourth-order valence-corrected chi connectivity index (χ4v) is 4.84. The molecular weight excluding hydrogens is 563 g/mol. The smallest absolute Gasteiger partial charge is 0.417 e. The van der Waals surface area contributed by atoms with Gasteiger partial charge in [-0.1, -0.05) is 42.5 Å². The molecule has 0 N–H and O–H groups in total. The molecular formula is C29H13F9N2O. The Kier molecular flexibility index (Phi) is 5.81. The summed E-state index contributed by atoms with van der Waals surface area (Å²) < 4.78 is 131. The highest BCUT2D eigenvalue weighted by molar-refractivity contribution is 6.09. The zero-order chi connectivity index (χ0) is 29.3. The zero-order valence-electron chi connectivity index (χ0n) is 20.2. The lowest BCUT2D eigenvalue weighted by Gasteiger charge is -2.22. The Balaban J connectivity index is 1.76. The number of furan rings is 1. The number of hydrogen-bond donors (Lipinski definition) is 0. The van der Waals surface area contributed by atoms with Gasteiger partial charge in [-0.2, -0.15) is 39.5 Å². The minimum absolute atomic E-state index is 0.0254. The number of halogens is 9. The highest BCUT2D eigenvalue weighted by atomic mass is 19.4. The molecule has 208 valence electrons. The van der Waals surface area contributed by atoms with Crippen molar-refractivity contribution in [3.8, 4) is 22.7 Å². The molecule has 2 heterocycles. The summed E-state index contributed by atoms with van der Waals surface area (Å²) in [7, 11) is 0. The van der Waals surface area contributed by atoms with Crippen molar-refractivity contribution in [2.75, 3.05) is 0 Å². The van der Waals surface area contributed by atoms with Crippen LogP contribution < -0.4 is 0 Å². The molecule has 0 saturated carbocycles. The Bertz CT molecular complexity index is 1940. The number of para-hydroxylation sites is 1. The number of aromatic nitrogens is 2. The van der Waals surface area contributed by atoms with Crippen LogP contribution in [0, 0.1) is 0 Å². The first-order valence-corrected chi connectivity index (χ1v) is 11.8. The lowest BCUT2D eigenvalue weighted by atomic mass is 9.91. The van der Waals surface area contributed by atoms with E-state index < -0.39 is 52.5 Å². The van der Waals surface area contributed by atoms with E-state index in [9.17, 15) is 39.5 Å². The van der Waals surface area contributed by atoms with Gasteiger partial charge in [0.1, 0.15) is 17.0 Å². The first kappa shape index (κ1) is 26.6. The largest absolute Gasteiger partial charge is 0.454 e. The second kappa shape index (κ2) is 8.95. The lowest BCUT2D eigenvalue weighted by molar-refractivity contribution is -0.163. The third kappa shape index (κ3) is 4.62. The van der Waals surface area contributed by atoms with Crippen LogP contribution in [0.15, 0.2) is 83.3 Å². The molecule has 3 nitrogen and oxygen atoms in total. The quantitative estimate of drug-likeness (QED) is 0.152. The molecule has 2 aromatic heterocycles. The van der Waals surface area contributed by atoms with Crippen molar-refractivity contribution in [2.24, 2.45) is 0 Å². The summed E-state index contributed by atoms with van der Waals surface area (Å²) in [5.41, 5.74) is -8.38. The monoisotopic (exact) mass is 576 g/mol. The van der Waals surface area contributed by atoms with Crippen LogP contribution in [-0.4, -0.2) is 10.2 Å². The van der Waals surface area contributed by atoms with E-state index in [1.54, 1.807) is 54.6 Å². The minimum Gasteiger partial charge on any atom is -0.454 e. The minimum atomic E-state index is -5.76. The summed E-state index contributed by atoms with van der Waals surface area (Å²) in [4.78, 5) is 0. The summed E-state index contributed by atoms with van der Waals surface area (Å²) in [6.07, 6.45) is -16.8. The van der Waals surface area contributed by atoms with E-state index in [4.69, 9.17) is 4.42 Å². The number of fused-ring (bicyclic) bond motifs is 3. The fourth-order valence-electron chi connectivity index (χ4n) is 4.84. The molecule has 0 atom stereocenters. The summed E-state index contributed by atoms with van der Waals surface area (Å²) in [5, 5.41) is 9.48. The van der Waals surface area contributed by atoms with Gasteiger partial charge in [0.05, 0.1) is 16.7 Å². The number of rotatable bonds is 2. The van der Waals surface area contributed by atoms with Crippen LogP contribution in [0.3, 0.4) is 0 Å². The van der Waals surface area contributed by atoms with Crippen molar-refractivity contribution in [1.29, 1.82) is 0 Å². The van der Waals surface area contributed by atoms with E-state index in [0.717, 1.165) is 0 Å². The predicted octanol–water partition coefficient (Wildman–Crippen LogP) is 9.92. The molecule has 0 fully saturated rings. The van der Waals surface area contributed by atoms with Crippen molar-refractivity contribution in [3.05, 3.63) is 95.6 Å². The van der Waals surface area contributed by atoms with E-state index >= 15 is 0 Å². The lowest BCUT2D eigenvalue weighted by Crippen LogP contribution is -2.20. The molecule has 0 bridgehead atoms. The van der Waals surface area contributed by atoms with Gasteiger partial charge in [-0.05, 0) is 47.2 Å². The maximum atomic E-state index is 14.2. The van der Waals surface area contributed by atoms with Gasteiger partial charge in [0.25, 0.3) is 0 Å². The molecule has 4 aromatic carbocycles. The maximum Gasteiger partial charge on any atom is 0.417 e. The standard InChI is InChI=1S/C29H13F9N2O/c30-27(31,32)17-12-20(24(29(36,37)38)21(13-17)28(33,34)35)25-18-9-14-5-1-2-6-15(14)10-19(18)26(40-39-25)23-11-16-7-3-4-8-22(16)41-23/h1-13H. The van der Waals surface area contributed by atoms with Crippen LogP contribution in [0.25, 0.3) is 55.2 Å². The summed E-state index contributed by atoms with van der Waals surface area (Å²) in [6.45, 7) is 0. The molecule has 6 aromatic rings. The molecule has 0 unspecified atom stereocenters. The first-order valence-electron chi connectivity index (χ1n) is 11.8. The Morgan fingerprint density at radius 3 is 1.66 bits per heavy atom. The number of nitrogens with zero attached hydrogens (tertiary/aromatic N) is 2. The summed E-state index contributed by atoms with van der Waals surface area (Å²) >= 11 is 0. The number of benzene rings is 4. The molecule has 0 aliphatic carbocycles. The average molecular weight is 576 g/mol. The van der Waals surface area contributed by atoms with E-state index in [0.29, 0.717) is 21.7 Å².